The second-order valence-electron chi connectivity index (χ2n) is 6.96. The van der Waals surface area contributed by atoms with Crippen molar-refractivity contribution in [3.63, 3.8) is 0 Å². The van der Waals surface area contributed by atoms with Crippen LogP contribution in [0.25, 0.3) is 0 Å². The van der Waals surface area contributed by atoms with Gasteiger partial charge in [0, 0.05) is 0 Å². The zero-order valence-corrected chi connectivity index (χ0v) is 15.5. The molecule has 0 saturated carbocycles. The lowest BCUT2D eigenvalue weighted by molar-refractivity contribution is -0.151. The monoisotopic (exact) mass is 346 g/mol. The van der Waals surface area contributed by atoms with Crippen LogP contribution >= 0.6 is 0 Å². The first-order valence-corrected chi connectivity index (χ1v) is 9.24. The van der Waals surface area contributed by atoms with Crippen molar-refractivity contribution in [2.24, 2.45) is 5.92 Å². The molecule has 3 atom stereocenters. The summed E-state index contributed by atoms with van der Waals surface area (Å²) in [6.07, 6.45) is 3.81. The summed E-state index contributed by atoms with van der Waals surface area (Å²) in [5.74, 6) is -0.393. The number of hydrogen-bond donors (Lipinski definition) is 1. The Bertz CT molecular complexity index is 561. The molecule has 1 N–H and O–H groups in total. The van der Waals surface area contributed by atoms with Crippen molar-refractivity contribution in [3.05, 3.63) is 35.9 Å². The van der Waals surface area contributed by atoms with Crippen molar-refractivity contribution in [2.75, 3.05) is 13.6 Å². The van der Waals surface area contributed by atoms with Crippen molar-refractivity contribution >= 4 is 11.9 Å². The molecular formula is C20H30N2O3. The maximum absolute atomic E-state index is 12.7. The van der Waals surface area contributed by atoms with E-state index in [0.29, 0.717) is 0 Å². The molecule has 0 aliphatic carbocycles. The third-order valence-corrected chi connectivity index (χ3v) is 5.06. The molecule has 5 nitrogen and oxygen atoms in total. The maximum Gasteiger partial charge on any atom is 0.329 e. The molecule has 5 heteroatoms. The fourth-order valence-corrected chi connectivity index (χ4v) is 3.14. The van der Waals surface area contributed by atoms with Crippen molar-refractivity contribution < 1.29 is 14.3 Å². The number of hydrogen-bond acceptors (Lipinski definition) is 4. The number of ether oxygens (including phenoxy) is 1. The molecule has 2 rings (SSSR count). The third kappa shape index (κ3) is 5.56. The van der Waals surface area contributed by atoms with E-state index >= 15 is 0 Å². The minimum Gasteiger partial charge on any atom is -0.459 e. The first-order chi connectivity index (χ1) is 12.0. The van der Waals surface area contributed by atoms with Gasteiger partial charge in [0.1, 0.15) is 12.6 Å². The molecule has 1 aliphatic rings. The van der Waals surface area contributed by atoms with Crippen LogP contribution in [0.5, 0.6) is 0 Å². The number of carbonyl (C=O) groups is 2. The Labute approximate surface area is 150 Å². The number of nitrogens with zero attached hydrogens (tertiary/aromatic N) is 1. The van der Waals surface area contributed by atoms with E-state index in [2.05, 4.69) is 10.2 Å². The number of nitrogens with one attached hydrogen (secondary N) is 1. The van der Waals surface area contributed by atoms with Crippen LogP contribution in [-0.4, -0.2) is 42.5 Å². The molecule has 1 aromatic carbocycles. The third-order valence-electron chi connectivity index (χ3n) is 5.06. The van der Waals surface area contributed by atoms with E-state index in [4.69, 9.17) is 4.74 Å². The standard InChI is InChI=1S/C20H30N2O3/c1-4-15(2)18(20(24)25-14-16-10-6-5-7-11-16)21-19(23)17-12-8-9-13-22(17)3/h5-7,10-11,15,17-18H,4,8-9,12-14H2,1-3H3,(H,21,23). The Hall–Kier alpha value is -1.88. The number of likely N-dealkylation sites (N-methyl/N-ethyl adjacent to an activating group) is 1. The van der Waals surface area contributed by atoms with E-state index < -0.39 is 6.04 Å². The zero-order valence-electron chi connectivity index (χ0n) is 15.5. The first kappa shape index (κ1) is 19.4. The molecule has 1 fully saturated rings. The Morgan fingerprint density at radius 2 is 2.00 bits per heavy atom. The van der Waals surface area contributed by atoms with Gasteiger partial charge in [-0.1, -0.05) is 57.0 Å². The highest BCUT2D eigenvalue weighted by Crippen LogP contribution is 2.17. The second-order valence-corrected chi connectivity index (χ2v) is 6.96. The molecule has 1 heterocycles. The average molecular weight is 346 g/mol. The van der Waals surface area contributed by atoms with E-state index in [0.717, 1.165) is 37.8 Å². The maximum atomic E-state index is 12.7. The van der Waals surface area contributed by atoms with E-state index in [9.17, 15) is 9.59 Å². The van der Waals surface area contributed by atoms with Gasteiger partial charge in [-0.25, -0.2) is 4.79 Å². The summed E-state index contributed by atoms with van der Waals surface area (Å²) in [7, 11) is 1.97. The van der Waals surface area contributed by atoms with E-state index in [1.54, 1.807) is 0 Å². The van der Waals surface area contributed by atoms with Gasteiger partial charge in [0.25, 0.3) is 0 Å². The van der Waals surface area contributed by atoms with Gasteiger partial charge in [0.15, 0.2) is 0 Å². The number of esters is 1. The van der Waals surface area contributed by atoms with Crippen LogP contribution in [0, 0.1) is 5.92 Å². The van der Waals surface area contributed by atoms with Crippen LogP contribution < -0.4 is 5.32 Å². The summed E-state index contributed by atoms with van der Waals surface area (Å²) in [6, 6.07) is 8.83. The molecular weight excluding hydrogens is 316 g/mol. The minimum atomic E-state index is -0.600. The minimum absolute atomic E-state index is 0.0288. The second kappa shape index (κ2) is 9.56. The van der Waals surface area contributed by atoms with Crippen LogP contribution in [0.1, 0.15) is 45.1 Å². The Morgan fingerprint density at radius 3 is 2.64 bits per heavy atom. The first-order valence-electron chi connectivity index (χ1n) is 9.24. The highest BCUT2D eigenvalue weighted by molar-refractivity contribution is 5.87. The lowest BCUT2D eigenvalue weighted by Crippen LogP contribution is -2.54. The molecule has 1 saturated heterocycles. The predicted molar refractivity (Wildman–Crippen MR) is 97.9 cm³/mol. The van der Waals surface area contributed by atoms with Crippen LogP contribution in [0.4, 0.5) is 0 Å². The highest BCUT2D eigenvalue weighted by Gasteiger charge is 2.32. The number of amides is 1. The molecule has 1 amide bonds. The van der Waals surface area contributed by atoms with Crippen LogP contribution in [0.15, 0.2) is 30.3 Å². The molecule has 0 aromatic heterocycles. The lowest BCUT2D eigenvalue weighted by atomic mass is 9.97. The van der Waals surface area contributed by atoms with Gasteiger partial charge in [-0.3, -0.25) is 9.69 Å². The van der Waals surface area contributed by atoms with Crippen molar-refractivity contribution in [1.82, 2.24) is 10.2 Å². The Kier molecular flexibility index (Phi) is 7.44. The molecule has 0 radical (unpaired) electrons. The predicted octanol–water partition coefficient (Wildman–Crippen LogP) is 2.75. The van der Waals surface area contributed by atoms with Gasteiger partial charge in [-0.05, 0) is 37.9 Å². The normalized spacial score (nSPS) is 20.5. The van der Waals surface area contributed by atoms with Crippen LogP contribution in [0.2, 0.25) is 0 Å². The number of carbonyl (C=O) groups excluding carboxylic acids is 2. The summed E-state index contributed by atoms with van der Waals surface area (Å²) in [5.41, 5.74) is 0.942. The highest BCUT2D eigenvalue weighted by atomic mass is 16.5. The Morgan fingerprint density at radius 1 is 1.28 bits per heavy atom. The van der Waals surface area contributed by atoms with E-state index in [1.807, 2.05) is 51.2 Å². The molecule has 138 valence electrons. The summed E-state index contributed by atoms with van der Waals surface area (Å²) < 4.78 is 5.46. The Balaban J connectivity index is 1.97. The fraction of sp³-hybridized carbons (Fsp3) is 0.600. The molecule has 3 unspecified atom stereocenters. The van der Waals surface area contributed by atoms with Gasteiger partial charge in [-0.2, -0.15) is 0 Å². The number of benzene rings is 1. The summed E-state index contributed by atoms with van der Waals surface area (Å²) in [6.45, 7) is 5.14. The van der Waals surface area contributed by atoms with Gasteiger partial charge >= 0.3 is 5.97 Å². The number of rotatable bonds is 7. The van der Waals surface area contributed by atoms with Crippen molar-refractivity contribution in [3.8, 4) is 0 Å². The topological polar surface area (TPSA) is 58.6 Å². The lowest BCUT2D eigenvalue weighted by Gasteiger charge is -2.33. The van der Waals surface area contributed by atoms with E-state index in [-0.39, 0.29) is 30.4 Å². The average Bonchev–Trinajstić information content (AvgIpc) is 2.64. The fourth-order valence-electron chi connectivity index (χ4n) is 3.14. The SMILES string of the molecule is CCC(C)C(NC(=O)C1CCCCN1C)C(=O)OCc1ccccc1. The quantitative estimate of drug-likeness (QED) is 0.771. The number of likely N-dealkylation sites (tertiary alicyclic amines) is 1. The summed E-state index contributed by atoms with van der Waals surface area (Å²) >= 11 is 0. The van der Waals surface area contributed by atoms with Crippen LogP contribution in [0.3, 0.4) is 0 Å². The largest absolute Gasteiger partial charge is 0.459 e. The molecule has 0 spiro atoms. The molecule has 1 aromatic rings. The number of piperidine rings is 1. The molecule has 1 aliphatic heterocycles. The summed E-state index contributed by atoms with van der Waals surface area (Å²) in [5, 5.41) is 2.95. The molecule has 0 bridgehead atoms. The van der Waals surface area contributed by atoms with Crippen molar-refractivity contribution in [2.45, 2.75) is 58.2 Å². The van der Waals surface area contributed by atoms with Crippen LogP contribution in [-0.2, 0) is 20.9 Å². The van der Waals surface area contributed by atoms with Gasteiger partial charge in [-0.15, -0.1) is 0 Å². The molecule has 25 heavy (non-hydrogen) atoms. The smallest absolute Gasteiger partial charge is 0.329 e. The summed E-state index contributed by atoms with van der Waals surface area (Å²) in [4.78, 5) is 27.3. The van der Waals surface area contributed by atoms with Gasteiger partial charge < -0.3 is 10.1 Å². The zero-order chi connectivity index (χ0) is 18.2. The van der Waals surface area contributed by atoms with Gasteiger partial charge in [0.2, 0.25) is 5.91 Å². The van der Waals surface area contributed by atoms with E-state index in [1.165, 1.54) is 0 Å². The van der Waals surface area contributed by atoms with Gasteiger partial charge in [0.05, 0.1) is 6.04 Å². The van der Waals surface area contributed by atoms with Crippen molar-refractivity contribution in [1.29, 1.82) is 0 Å².